The van der Waals surface area contributed by atoms with E-state index in [1.807, 2.05) is 0 Å². The molecule has 114 valence electrons. The van der Waals surface area contributed by atoms with Crippen LogP contribution in [0.15, 0.2) is 24.3 Å². The number of hydrogen-bond donors (Lipinski definition) is 1. The molecule has 0 saturated carbocycles. The van der Waals surface area contributed by atoms with E-state index in [1.165, 1.54) is 11.1 Å². The molecular formula is C17H23NO3. The monoisotopic (exact) mass is 289 g/mol. The first-order chi connectivity index (χ1) is 10.0. The van der Waals surface area contributed by atoms with E-state index in [0.717, 1.165) is 12.8 Å². The van der Waals surface area contributed by atoms with Crippen molar-refractivity contribution in [1.82, 2.24) is 4.90 Å². The molecule has 4 heteroatoms. The molecule has 1 saturated heterocycles. The van der Waals surface area contributed by atoms with Gasteiger partial charge in [0.15, 0.2) is 0 Å². The van der Waals surface area contributed by atoms with E-state index in [4.69, 9.17) is 5.11 Å². The lowest BCUT2D eigenvalue weighted by atomic mass is 9.87. The summed E-state index contributed by atoms with van der Waals surface area (Å²) in [5.74, 6) is -0.905. The van der Waals surface area contributed by atoms with Crippen molar-refractivity contribution in [2.45, 2.75) is 33.1 Å². The number of carbonyl (C=O) groups excluding carboxylic acids is 1. The van der Waals surface area contributed by atoms with Gasteiger partial charge in [0.05, 0.1) is 5.92 Å². The second-order valence-corrected chi connectivity index (χ2v) is 5.86. The fourth-order valence-corrected chi connectivity index (χ4v) is 2.59. The van der Waals surface area contributed by atoms with Gasteiger partial charge in [0, 0.05) is 25.4 Å². The molecule has 21 heavy (non-hydrogen) atoms. The average molecular weight is 289 g/mol. The predicted molar refractivity (Wildman–Crippen MR) is 81.0 cm³/mol. The summed E-state index contributed by atoms with van der Waals surface area (Å²) < 4.78 is 0. The van der Waals surface area contributed by atoms with E-state index in [9.17, 15) is 9.59 Å². The van der Waals surface area contributed by atoms with Crippen molar-refractivity contribution in [2.24, 2.45) is 11.8 Å². The maximum atomic E-state index is 12.0. The topological polar surface area (TPSA) is 57.6 Å². The smallest absolute Gasteiger partial charge is 0.306 e. The standard InChI is InChI=1S/C17H23NO3/c1-3-13-4-6-14(7-5-13)8-9-16(19)18-10-15(11-18)12(2)17(20)21/h4-7,12,15H,3,8-11H2,1-2H3,(H,20,21). The molecule has 1 aromatic rings. The summed E-state index contributed by atoms with van der Waals surface area (Å²) in [5.41, 5.74) is 2.48. The van der Waals surface area contributed by atoms with Gasteiger partial charge < -0.3 is 10.0 Å². The van der Waals surface area contributed by atoms with Crippen molar-refractivity contribution in [3.05, 3.63) is 35.4 Å². The highest BCUT2D eigenvalue weighted by molar-refractivity contribution is 5.78. The Morgan fingerprint density at radius 2 is 1.81 bits per heavy atom. The number of likely N-dealkylation sites (tertiary alicyclic amines) is 1. The molecule has 1 atom stereocenters. The molecule has 1 unspecified atom stereocenters. The maximum Gasteiger partial charge on any atom is 0.306 e. The van der Waals surface area contributed by atoms with Crippen molar-refractivity contribution in [1.29, 1.82) is 0 Å². The summed E-state index contributed by atoms with van der Waals surface area (Å²) in [5, 5.41) is 8.93. The molecule has 4 nitrogen and oxygen atoms in total. The highest BCUT2D eigenvalue weighted by Crippen LogP contribution is 2.24. The Morgan fingerprint density at radius 1 is 1.24 bits per heavy atom. The normalized spacial score (nSPS) is 16.4. The zero-order valence-electron chi connectivity index (χ0n) is 12.7. The van der Waals surface area contributed by atoms with Gasteiger partial charge in [-0.1, -0.05) is 38.1 Å². The largest absolute Gasteiger partial charge is 0.481 e. The Labute approximate surface area is 125 Å². The van der Waals surface area contributed by atoms with Crippen LogP contribution in [0.3, 0.4) is 0 Å². The minimum absolute atomic E-state index is 0.107. The van der Waals surface area contributed by atoms with Crippen LogP contribution in [0, 0.1) is 11.8 Å². The van der Waals surface area contributed by atoms with Crippen LogP contribution in [0.5, 0.6) is 0 Å². The minimum atomic E-state index is -0.775. The van der Waals surface area contributed by atoms with Gasteiger partial charge in [-0.15, -0.1) is 0 Å². The number of benzene rings is 1. The zero-order chi connectivity index (χ0) is 15.4. The number of aliphatic carboxylic acids is 1. The van der Waals surface area contributed by atoms with Crippen molar-refractivity contribution >= 4 is 11.9 Å². The van der Waals surface area contributed by atoms with Crippen LogP contribution in [-0.4, -0.2) is 35.0 Å². The first-order valence-corrected chi connectivity index (χ1v) is 7.59. The van der Waals surface area contributed by atoms with Crippen LogP contribution >= 0.6 is 0 Å². The second kappa shape index (κ2) is 6.74. The van der Waals surface area contributed by atoms with Crippen molar-refractivity contribution in [2.75, 3.05) is 13.1 Å². The molecule has 1 aromatic carbocycles. The van der Waals surface area contributed by atoms with Gasteiger partial charge in [-0.05, 0) is 24.0 Å². The van der Waals surface area contributed by atoms with Crippen LogP contribution in [0.4, 0.5) is 0 Å². The predicted octanol–water partition coefficient (Wildman–Crippen LogP) is 2.36. The Bertz CT molecular complexity index is 503. The van der Waals surface area contributed by atoms with Gasteiger partial charge >= 0.3 is 5.97 Å². The number of carboxylic acid groups (broad SMARTS) is 1. The Morgan fingerprint density at radius 3 is 2.33 bits per heavy atom. The molecule has 0 aliphatic carbocycles. The lowest BCUT2D eigenvalue weighted by molar-refractivity contribution is -0.150. The highest BCUT2D eigenvalue weighted by atomic mass is 16.4. The van der Waals surface area contributed by atoms with E-state index < -0.39 is 5.97 Å². The lowest BCUT2D eigenvalue weighted by Gasteiger charge is -2.41. The van der Waals surface area contributed by atoms with Crippen LogP contribution in [0.1, 0.15) is 31.4 Å². The average Bonchev–Trinajstić information content (AvgIpc) is 2.43. The SMILES string of the molecule is CCc1ccc(CCC(=O)N2CC(C(C)C(=O)O)C2)cc1. The summed E-state index contributed by atoms with van der Waals surface area (Å²) in [6, 6.07) is 8.37. The maximum absolute atomic E-state index is 12.0. The molecule has 2 rings (SSSR count). The fraction of sp³-hybridized carbons (Fsp3) is 0.529. The molecule has 0 aromatic heterocycles. The highest BCUT2D eigenvalue weighted by Gasteiger charge is 2.36. The number of carboxylic acids is 1. The summed E-state index contributed by atoms with van der Waals surface area (Å²) in [4.78, 5) is 24.7. The molecule has 1 amide bonds. The van der Waals surface area contributed by atoms with Crippen LogP contribution in [0.2, 0.25) is 0 Å². The zero-order valence-corrected chi connectivity index (χ0v) is 12.7. The van der Waals surface area contributed by atoms with E-state index in [2.05, 4.69) is 31.2 Å². The Balaban J connectivity index is 1.74. The Kier molecular flexibility index (Phi) is 4.99. The Hall–Kier alpha value is -1.84. The van der Waals surface area contributed by atoms with Crippen molar-refractivity contribution in [3.63, 3.8) is 0 Å². The van der Waals surface area contributed by atoms with E-state index in [1.54, 1.807) is 11.8 Å². The van der Waals surface area contributed by atoms with Gasteiger partial charge in [-0.3, -0.25) is 9.59 Å². The van der Waals surface area contributed by atoms with Gasteiger partial charge in [-0.25, -0.2) is 0 Å². The molecule has 0 bridgehead atoms. The summed E-state index contributed by atoms with van der Waals surface area (Å²) in [6.07, 6.45) is 2.27. The first-order valence-electron chi connectivity index (χ1n) is 7.59. The molecule has 0 radical (unpaired) electrons. The van der Waals surface area contributed by atoms with Crippen LogP contribution in [0.25, 0.3) is 0 Å². The van der Waals surface area contributed by atoms with E-state index >= 15 is 0 Å². The molecule has 0 spiro atoms. The van der Waals surface area contributed by atoms with E-state index in [0.29, 0.717) is 19.5 Å². The minimum Gasteiger partial charge on any atom is -0.481 e. The van der Waals surface area contributed by atoms with Gasteiger partial charge in [0.1, 0.15) is 0 Å². The number of aryl methyl sites for hydroxylation is 2. The van der Waals surface area contributed by atoms with Gasteiger partial charge in [0.25, 0.3) is 0 Å². The third kappa shape index (κ3) is 3.84. The molecule has 1 aliphatic heterocycles. The number of nitrogens with zero attached hydrogens (tertiary/aromatic N) is 1. The first kappa shape index (κ1) is 15.5. The molecule has 1 N–H and O–H groups in total. The molecule has 1 heterocycles. The molecule has 1 fully saturated rings. The molecule has 1 aliphatic rings. The fourth-order valence-electron chi connectivity index (χ4n) is 2.59. The van der Waals surface area contributed by atoms with Crippen LogP contribution in [-0.2, 0) is 22.4 Å². The summed E-state index contributed by atoms with van der Waals surface area (Å²) in [7, 11) is 0. The number of hydrogen-bond acceptors (Lipinski definition) is 2. The number of amides is 1. The van der Waals surface area contributed by atoms with Crippen molar-refractivity contribution in [3.8, 4) is 0 Å². The number of carbonyl (C=O) groups is 2. The number of rotatable bonds is 6. The summed E-state index contributed by atoms with van der Waals surface area (Å²) in [6.45, 7) is 5.00. The summed E-state index contributed by atoms with van der Waals surface area (Å²) >= 11 is 0. The molecular weight excluding hydrogens is 266 g/mol. The lowest BCUT2D eigenvalue weighted by Crippen LogP contribution is -2.53. The van der Waals surface area contributed by atoms with Gasteiger partial charge in [-0.2, -0.15) is 0 Å². The van der Waals surface area contributed by atoms with Crippen molar-refractivity contribution < 1.29 is 14.7 Å². The second-order valence-electron chi connectivity index (χ2n) is 5.86. The van der Waals surface area contributed by atoms with E-state index in [-0.39, 0.29) is 17.7 Å². The van der Waals surface area contributed by atoms with Crippen LogP contribution < -0.4 is 0 Å². The third-order valence-corrected chi connectivity index (χ3v) is 4.42. The third-order valence-electron chi connectivity index (χ3n) is 4.42. The van der Waals surface area contributed by atoms with Gasteiger partial charge in [0.2, 0.25) is 5.91 Å². The quantitative estimate of drug-likeness (QED) is 0.874.